The fourth-order valence-corrected chi connectivity index (χ4v) is 7.24. The molecule has 54 heavy (non-hydrogen) atoms. The monoisotopic (exact) mass is 806 g/mol. The molecule has 0 saturated carbocycles. The van der Waals surface area contributed by atoms with Gasteiger partial charge in [-0.2, -0.15) is 0 Å². The van der Waals surface area contributed by atoms with Crippen molar-refractivity contribution in [1.29, 1.82) is 0 Å². The molecule has 0 aromatic heterocycles. The first-order chi connectivity index (χ1) is 25.1. The summed E-state index contributed by atoms with van der Waals surface area (Å²) in [5.41, 5.74) is 1.79. The van der Waals surface area contributed by atoms with E-state index in [1.165, 1.54) is 33.9 Å². The van der Waals surface area contributed by atoms with Gasteiger partial charge in [-0.15, -0.1) is 0 Å². The van der Waals surface area contributed by atoms with E-state index in [0.29, 0.717) is 57.5 Å². The first-order valence-electron chi connectivity index (χ1n) is 17.0. The van der Waals surface area contributed by atoms with Crippen molar-refractivity contribution in [3.8, 4) is 23.0 Å². The smallest absolute Gasteiger partial charge is 0.356 e. The van der Waals surface area contributed by atoms with E-state index in [2.05, 4.69) is 15.9 Å². The van der Waals surface area contributed by atoms with Gasteiger partial charge in [-0.05, 0) is 152 Å². The van der Waals surface area contributed by atoms with E-state index in [1.807, 2.05) is 6.92 Å². The third kappa shape index (κ3) is 7.05. The van der Waals surface area contributed by atoms with Gasteiger partial charge in [0.05, 0.1) is 18.2 Å². The van der Waals surface area contributed by atoms with Gasteiger partial charge in [0.25, 0.3) is 0 Å². The SMILES string of the molecule is CCCc1c(C)c(C(=O)O)c(C)c(C)c1OC(=O)c1c(C)cc(OC(=O)c2c(C)c(C)c(OC(=O)[C@@]3(O)C(C)=CC(=O)C=C3OC)c(Br)c2O)c(C)c1C. The number of carbonyl (C=O) groups is 5. The number of carbonyl (C=O) groups excluding carboxylic acids is 4. The molecule has 0 amide bonds. The number of aliphatic hydroxyl groups is 1. The van der Waals surface area contributed by atoms with Crippen molar-refractivity contribution in [3.63, 3.8) is 0 Å². The predicted molar refractivity (Wildman–Crippen MR) is 202 cm³/mol. The van der Waals surface area contributed by atoms with Gasteiger partial charge in [-0.3, -0.25) is 4.79 Å². The van der Waals surface area contributed by atoms with E-state index < -0.39 is 41.0 Å². The van der Waals surface area contributed by atoms with Crippen molar-refractivity contribution in [2.24, 2.45) is 0 Å². The van der Waals surface area contributed by atoms with E-state index in [1.54, 1.807) is 41.5 Å². The molecule has 1 aliphatic carbocycles. The molecule has 0 radical (unpaired) electrons. The summed E-state index contributed by atoms with van der Waals surface area (Å²) in [5, 5.41) is 32.4. The van der Waals surface area contributed by atoms with Gasteiger partial charge in [0.2, 0.25) is 5.60 Å². The lowest BCUT2D eigenvalue weighted by molar-refractivity contribution is -0.151. The number of hydrogen-bond donors (Lipinski definition) is 3. The van der Waals surface area contributed by atoms with Crippen LogP contribution in [0.5, 0.6) is 23.0 Å². The summed E-state index contributed by atoms with van der Waals surface area (Å²) >= 11 is 3.21. The molecule has 0 bridgehead atoms. The van der Waals surface area contributed by atoms with Crippen LogP contribution < -0.4 is 14.2 Å². The van der Waals surface area contributed by atoms with Crippen molar-refractivity contribution >= 4 is 45.6 Å². The Morgan fingerprint density at radius 1 is 0.741 bits per heavy atom. The molecule has 12 nitrogen and oxygen atoms in total. The number of esters is 3. The Morgan fingerprint density at radius 2 is 1.30 bits per heavy atom. The lowest BCUT2D eigenvalue weighted by Crippen LogP contribution is -2.47. The summed E-state index contributed by atoms with van der Waals surface area (Å²) in [6.07, 6.45) is 3.23. The number of phenols is 1. The molecule has 3 aromatic rings. The van der Waals surface area contributed by atoms with Crippen LogP contribution in [0, 0.1) is 55.4 Å². The highest BCUT2D eigenvalue weighted by Crippen LogP contribution is 2.44. The van der Waals surface area contributed by atoms with Crippen LogP contribution in [-0.4, -0.2) is 57.7 Å². The molecular weight excluding hydrogens is 764 g/mol. The number of aryl methyl sites for hydroxylation is 1. The van der Waals surface area contributed by atoms with Gasteiger partial charge in [0, 0.05) is 6.08 Å². The second-order valence-electron chi connectivity index (χ2n) is 13.4. The molecule has 3 aromatic carbocycles. The Morgan fingerprint density at radius 3 is 1.87 bits per heavy atom. The summed E-state index contributed by atoms with van der Waals surface area (Å²) in [6.45, 7) is 16.5. The zero-order valence-electron chi connectivity index (χ0n) is 32.0. The third-order valence-corrected chi connectivity index (χ3v) is 10.9. The van der Waals surface area contributed by atoms with Crippen LogP contribution in [0.1, 0.15) is 101 Å². The number of halogens is 1. The Labute approximate surface area is 321 Å². The van der Waals surface area contributed by atoms with Crippen molar-refractivity contribution in [1.82, 2.24) is 0 Å². The van der Waals surface area contributed by atoms with Gasteiger partial charge in [-0.25, -0.2) is 19.2 Å². The van der Waals surface area contributed by atoms with Crippen molar-refractivity contribution in [2.45, 2.75) is 87.7 Å². The number of ketones is 1. The number of carboxylic acid groups (broad SMARTS) is 1. The molecule has 0 spiro atoms. The molecule has 0 saturated heterocycles. The predicted octanol–water partition coefficient (Wildman–Crippen LogP) is 7.41. The number of aromatic hydroxyl groups is 1. The largest absolute Gasteiger partial charge is 0.506 e. The normalized spacial score (nSPS) is 15.3. The Bertz CT molecular complexity index is 2200. The summed E-state index contributed by atoms with van der Waals surface area (Å²) in [6, 6.07) is 1.51. The quantitative estimate of drug-likeness (QED) is 0.137. The Balaban J connectivity index is 1.68. The maximum Gasteiger partial charge on any atom is 0.356 e. The van der Waals surface area contributed by atoms with E-state index in [0.717, 1.165) is 12.2 Å². The van der Waals surface area contributed by atoms with Crippen LogP contribution in [0.25, 0.3) is 0 Å². The topological polar surface area (TPSA) is 183 Å². The minimum absolute atomic E-state index is 0.0389. The molecule has 1 atom stereocenters. The number of benzene rings is 3. The highest BCUT2D eigenvalue weighted by atomic mass is 79.9. The van der Waals surface area contributed by atoms with E-state index in [-0.39, 0.29) is 55.1 Å². The zero-order valence-corrected chi connectivity index (χ0v) is 33.6. The summed E-state index contributed by atoms with van der Waals surface area (Å²) in [5.74, 6) is -5.06. The molecule has 13 heteroatoms. The number of rotatable bonds is 10. The number of hydrogen-bond acceptors (Lipinski definition) is 11. The number of carboxylic acids is 1. The maximum atomic E-state index is 13.8. The minimum atomic E-state index is -2.43. The number of allylic oxidation sites excluding steroid dienone is 2. The van der Waals surface area contributed by atoms with E-state index in [9.17, 15) is 39.3 Å². The van der Waals surface area contributed by atoms with Crippen LogP contribution >= 0.6 is 15.9 Å². The second-order valence-corrected chi connectivity index (χ2v) is 14.2. The fourth-order valence-electron chi connectivity index (χ4n) is 6.67. The number of methoxy groups -OCH3 is 1. The average Bonchev–Trinajstić information content (AvgIpc) is 3.09. The maximum absolute atomic E-state index is 13.8. The highest BCUT2D eigenvalue weighted by Gasteiger charge is 2.48. The Hall–Kier alpha value is -5.27. The van der Waals surface area contributed by atoms with Gasteiger partial charge in [-0.1, -0.05) is 13.3 Å². The lowest BCUT2D eigenvalue weighted by atomic mass is 9.87. The summed E-state index contributed by atoms with van der Waals surface area (Å²) < 4.78 is 22.3. The summed E-state index contributed by atoms with van der Waals surface area (Å²) in [7, 11) is 1.19. The summed E-state index contributed by atoms with van der Waals surface area (Å²) in [4.78, 5) is 64.9. The standard InChI is InChI=1S/C41H43BrO12/c1-12-13-27-25(10)31(37(45)46)21(6)23(8)35(27)53-38(47)30-17(2)14-28(19(4)20(30)5)52-39(48)32-22(7)24(9)36(33(42)34(32)44)54-40(49)41(50)18(3)15-26(43)16-29(41)51-11/h14-16,44,50H,12-13H2,1-11H3,(H,45,46)/t41-/m1/s1. The van der Waals surface area contributed by atoms with Gasteiger partial charge in [0.15, 0.2) is 11.5 Å². The average molecular weight is 808 g/mol. The molecular formula is C41H43BrO12. The second kappa shape index (κ2) is 15.6. The first-order valence-corrected chi connectivity index (χ1v) is 17.8. The molecule has 0 fully saturated rings. The van der Waals surface area contributed by atoms with Crippen LogP contribution in [0.15, 0.2) is 34.0 Å². The van der Waals surface area contributed by atoms with Gasteiger partial charge >= 0.3 is 23.9 Å². The first kappa shape index (κ1) is 41.5. The van der Waals surface area contributed by atoms with Crippen LogP contribution in [0.4, 0.5) is 0 Å². The zero-order chi connectivity index (χ0) is 40.7. The van der Waals surface area contributed by atoms with Crippen molar-refractivity contribution < 1.29 is 58.2 Å². The van der Waals surface area contributed by atoms with E-state index >= 15 is 0 Å². The minimum Gasteiger partial charge on any atom is -0.506 e. The van der Waals surface area contributed by atoms with Crippen molar-refractivity contribution in [3.05, 3.63) is 101 Å². The Kier molecular flexibility index (Phi) is 12.0. The lowest BCUT2D eigenvalue weighted by Gasteiger charge is -2.30. The van der Waals surface area contributed by atoms with Gasteiger partial charge < -0.3 is 34.3 Å². The fraction of sp³-hybridized carbons (Fsp3) is 0.341. The third-order valence-electron chi connectivity index (χ3n) is 10.1. The molecule has 0 unspecified atom stereocenters. The molecule has 286 valence electrons. The highest BCUT2D eigenvalue weighted by molar-refractivity contribution is 9.10. The molecule has 0 heterocycles. The number of ether oxygens (including phenoxy) is 4. The van der Waals surface area contributed by atoms with Crippen LogP contribution in [0.3, 0.4) is 0 Å². The van der Waals surface area contributed by atoms with Crippen molar-refractivity contribution in [2.75, 3.05) is 7.11 Å². The van der Waals surface area contributed by atoms with Gasteiger partial charge in [0.1, 0.15) is 33.0 Å². The van der Waals surface area contributed by atoms with Crippen LogP contribution in [-0.2, 0) is 20.7 Å². The number of phenolic OH excluding ortho intramolecular Hbond substituents is 1. The molecule has 4 rings (SSSR count). The van der Waals surface area contributed by atoms with E-state index in [4.69, 9.17) is 18.9 Å². The van der Waals surface area contributed by atoms with Crippen LogP contribution in [0.2, 0.25) is 0 Å². The molecule has 1 aliphatic rings. The molecule has 3 N–H and O–H groups in total. The molecule has 0 aliphatic heterocycles. The number of aromatic carboxylic acids is 1.